The molecule has 1 heterocycles. The summed E-state index contributed by atoms with van der Waals surface area (Å²) in [5, 5.41) is 19.2. The highest BCUT2D eigenvalue weighted by atomic mass is 16.5. The maximum atomic E-state index is 12.9. The molecule has 6 heteroatoms. The van der Waals surface area contributed by atoms with Crippen LogP contribution in [0.5, 0.6) is 5.75 Å². The molecular formula is C20H18N2O4. The number of nitriles is 1. The normalized spacial score (nSPS) is 21.4. The molecule has 1 aliphatic rings. The Morgan fingerprint density at radius 3 is 2.73 bits per heavy atom. The van der Waals surface area contributed by atoms with Gasteiger partial charge in [-0.05, 0) is 38.1 Å². The summed E-state index contributed by atoms with van der Waals surface area (Å²) in [6.07, 6.45) is -0.687. The van der Waals surface area contributed by atoms with E-state index in [9.17, 15) is 15.2 Å². The first-order valence-corrected chi connectivity index (χ1v) is 8.25. The molecule has 2 aromatic carbocycles. The second-order valence-corrected chi connectivity index (χ2v) is 5.87. The number of nitrogens with zero attached hydrogens (tertiary/aromatic N) is 2. The molecule has 0 amide bonds. The van der Waals surface area contributed by atoms with Crippen LogP contribution in [0.15, 0.2) is 53.5 Å². The maximum absolute atomic E-state index is 12.9. The van der Waals surface area contributed by atoms with E-state index in [0.29, 0.717) is 11.5 Å². The third kappa shape index (κ3) is 2.78. The van der Waals surface area contributed by atoms with E-state index in [1.807, 2.05) is 36.4 Å². The lowest BCUT2D eigenvalue weighted by Gasteiger charge is -2.28. The van der Waals surface area contributed by atoms with Crippen LogP contribution in [0.2, 0.25) is 0 Å². The number of carbonyl (C=O) groups is 1. The Kier molecular flexibility index (Phi) is 4.63. The molecule has 0 aliphatic carbocycles. The van der Waals surface area contributed by atoms with Gasteiger partial charge in [-0.25, -0.2) is 9.79 Å². The van der Waals surface area contributed by atoms with Crippen LogP contribution in [-0.2, 0) is 19.8 Å². The zero-order chi connectivity index (χ0) is 18.7. The number of carbonyl (C=O) groups excluding carboxylic acids is 1. The molecule has 2 aromatic rings. The van der Waals surface area contributed by atoms with Gasteiger partial charge in [-0.2, -0.15) is 5.26 Å². The summed E-state index contributed by atoms with van der Waals surface area (Å²) in [4.78, 5) is 17.5. The third-order valence-corrected chi connectivity index (χ3v) is 4.30. The molecule has 3 rings (SSSR count). The highest BCUT2D eigenvalue weighted by molar-refractivity contribution is 6.00. The first kappa shape index (κ1) is 17.5. The molecule has 0 spiro atoms. The number of phenols is 1. The summed E-state index contributed by atoms with van der Waals surface area (Å²) in [6, 6.07) is 15.5. The van der Waals surface area contributed by atoms with Gasteiger partial charge in [0.25, 0.3) is 0 Å². The van der Waals surface area contributed by atoms with Gasteiger partial charge in [-0.1, -0.05) is 24.3 Å². The predicted molar refractivity (Wildman–Crippen MR) is 94.7 cm³/mol. The largest absolute Gasteiger partial charge is 0.508 e. The summed E-state index contributed by atoms with van der Waals surface area (Å²) in [5.74, 6) is -0.355. The van der Waals surface area contributed by atoms with Gasteiger partial charge in [0.2, 0.25) is 11.4 Å². The number of hydrogen-bond acceptors (Lipinski definition) is 6. The van der Waals surface area contributed by atoms with E-state index in [0.717, 1.165) is 5.56 Å². The van der Waals surface area contributed by atoms with Gasteiger partial charge in [0.1, 0.15) is 11.9 Å². The van der Waals surface area contributed by atoms with Crippen molar-refractivity contribution in [2.24, 2.45) is 4.99 Å². The number of phenolic OH excluding ortho intramolecular Hbond substituents is 1. The van der Waals surface area contributed by atoms with Crippen molar-refractivity contribution in [2.75, 3.05) is 6.61 Å². The predicted octanol–water partition coefficient (Wildman–Crippen LogP) is 2.89. The van der Waals surface area contributed by atoms with Crippen molar-refractivity contribution in [1.29, 1.82) is 5.26 Å². The average Bonchev–Trinajstić information content (AvgIpc) is 3.01. The van der Waals surface area contributed by atoms with Gasteiger partial charge in [0.05, 0.1) is 18.2 Å². The molecular weight excluding hydrogens is 332 g/mol. The van der Waals surface area contributed by atoms with Crippen LogP contribution in [0, 0.1) is 11.3 Å². The Balaban J connectivity index is 2.22. The van der Waals surface area contributed by atoms with Crippen LogP contribution < -0.4 is 0 Å². The van der Waals surface area contributed by atoms with Gasteiger partial charge >= 0.3 is 5.97 Å². The van der Waals surface area contributed by atoms with Gasteiger partial charge in [-0.15, -0.1) is 0 Å². The van der Waals surface area contributed by atoms with E-state index in [1.165, 1.54) is 18.2 Å². The second kappa shape index (κ2) is 6.89. The number of hydrogen-bond donors (Lipinski definition) is 1. The molecule has 0 aromatic heterocycles. The second-order valence-electron chi connectivity index (χ2n) is 5.87. The van der Waals surface area contributed by atoms with E-state index >= 15 is 0 Å². The zero-order valence-corrected chi connectivity index (χ0v) is 14.5. The monoisotopic (exact) mass is 350 g/mol. The lowest BCUT2D eigenvalue weighted by molar-refractivity contribution is -0.152. The standard InChI is InChI=1S/C20H18N2O4/c1-3-25-19(24)20(17-10-9-16(23)11-15(17)12-21)13(2)26-18(22-20)14-7-5-4-6-8-14/h4-11,13,23H,3H2,1-2H3/t13-,20+/m0/s1. The van der Waals surface area contributed by atoms with E-state index in [1.54, 1.807) is 13.8 Å². The molecule has 6 nitrogen and oxygen atoms in total. The average molecular weight is 350 g/mol. The summed E-state index contributed by atoms with van der Waals surface area (Å²) < 4.78 is 11.2. The van der Waals surface area contributed by atoms with Crippen molar-refractivity contribution in [1.82, 2.24) is 0 Å². The van der Waals surface area contributed by atoms with Gasteiger partial charge in [0.15, 0.2) is 0 Å². The Hall–Kier alpha value is -3.33. The quantitative estimate of drug-likeness (QED) is 0.856. The minimum atomic E-state index is -1.51. The fourth-order valence-corrected chi connectivity index (χ4v) is 3.04. The summed E-state index contributed by atoms with van der Waals surface area (Å²) in [5.41, 5.74) is -0.302. The molecule has 26 heavy (non-hydrogen) atoms. The number of aliphatic imine (C=N–C) groups is 1. The third-order valence-electron chi connectivity index (χ3n) is 4.30. The van der Waals surface area contributed by atoms with Crippen molar-refractivity contribution in [3.05, 3.63) is 65.2 Å². The Bertz CT molecular complexity index is 902. The lowest BCUT2D eigenvalue weighted by Crippen LogP contribution is -2.43. The van der Waals surface area contributed by atoms with Gasteiger partial charge < -0.3 is 14.6 Å². The molecule has 1 aliphatic heterocycles. The number of ether oxygens (including phenoxy) is 2. The van der Waals surface area contributed by atoms with Gasteiger partial charge in [-0.3, -0.25) is 0 Å². The SMILES string of the molecule is CCOC(=O)[C@@]1(c2ccc(O)cc2C#N)N=C(c2ccccc2)O[C@H]1C. The van der Waals surface area contributed by atoms with Crippen molar-refractivity contribution in [3.63, 3.8) is 0 Å². The minimum Gasteiger partial charge on any atom is -0.508 e. The van der Waals surface area contributed by atoms with E-state index in [2.05, 4.69) is 4.99 Å². The fourth-order valence-electron chi connectivity index (χ4n) is 3.04. The van der Waals surface area contributed by atoms with Crippen molar-refractivity contribution in [3.8, 4) is 11.8 Å². The molecule has 132 valence electrons. The van der Waals surface area contributed by atoms with Gasteiger partial charge in [0, 0.05) is 11.1 Å². The molecule has 0 bridgehead atoms. The van der Waals surface area contributed by atoms with E-state index in [-0.39, 0.29) is 17.9 Å². The Morgan fingerprint density at radius 1 is 1.35 bits per heavy atom. The Morgan fingerprint density at radius 2 is 2.08 bits per heavy atom. The first-order chi connectivity index (χ1) is 12.5. The van der Waals surface area contributed by atoms with Crippen LogP contribution in [0.1, 0.15) is 30.5 Å². The molecule has 0 radical (unpaired) electrons. The van der Waals surface area contributed by atoms with E-state index in [4.69, 9.17) is 9.47 Å². The molecule has 0 saturated heterocycles. The highest BCUT2D eigenvalue weighted by Crippen LogP contribution is 2.41. The molecule has 1 N–H and O–H groups in total. The number of benzene rings is 2. The number of esters is 1. The number of rotatable bonds is 4. The Labute approximate surface area is 151 Å². The maximum Gasteiger partial charge on any atom is 0.342 e. The molecule has 0 fully saturated rings. The fraction of sp³-hybridized carbons (Fsp3) is 0.250. The van der Waals surface area contributed by atoms with Crippen molar-refractivity contribution < 1.29 is 19.4 Å². The zero-order valence-electron chi connectivity index (χ0n) is 14.5. The van der Waals surface area contributed by atoms with Crippen molar-refractivity contribution in [2.45, 2.75) is 25.5 Å². The first-order valence-electron chi connectivity index (χ1n) is 8.25. The molecule has 2 atom stereocenters. The van der Waals surface area contributed by atoms with Crippen LogP contribution in [-0.4, -0.2) is 29.7 Å². The van der Waals surface area contributed by atoms with Crippen LogP contribution in [0.25, 0.3) is 0 Å². The van der Waals surface area contributed by atoms with E-state index < -0.39 is 17.6 Å². The lowest BCUT2D eigenvalue weighted by atomic mass is 9.83. The van der Waals surface area contributed by atoms with Crippen LogP contribution >= 0.6 is 0 Å². The number of aromatic hydroxyl groups is 1. The van der Waals surface area contributed by atoms with Crippen LogP contribution in [0.4, 0.5) is 0 Å². The minimum absolute atomic E-state index is 0.0665. The smallest absolute Gasteiger partial charge is 0.342 e. The summed E-state index contributed by atoms with van der Waals surface area (Å²) in [7, 11) is 0. The van der Waals surface area contributed by atoms with Crippen molar-refractivity contribution >= 4 is 11.9 Å². The molecule has 0 saturated carbocycles. The summed E-state index contributed by atoms with van der Waals surface area (Å²) in [6.45, 7) is 3.59. The van der Waals surface area contributed by atoms with Crippen LogP contribution in [0.3, 0.4) is 0 Å². The topological polar surface area (TPSA) is 91.9 Å². The highest BCUT2D eigenvalue weighted by Gasteiger charge is 2.54. The summed E-state index contributed by atoms with van der Waals surface area (Å²) >= 11 is 0. The molecule has 0 unspecified atom stereocenters.